The Morgan fingerprint density at radius 2 is 1.18 bits per heavy atom. The summed E-state index contributed by atoms with van der Waals surface area (Å²) in [6.07, 6.45) is 0. The van der Waals surface area contributed by atoms with Gasteiger partial charge in [-0.3, -0.25) is 0 Å². The van der Waals surface area contributed by atoms with Crippen LogP contribution in [0.15, 0.2) is 48.5 Å². The highest BCUT2D eigenvalue weighted by atomic mass is 15.5. The summed E-state index contributed by atoms with van der Waals surface area (Å²) in [4.78, 5) is 0. The molecular weight excluding hydrogens is 352 g/mol. The Bertz CT molecular complexity index is 985. The van der Waals surface area contributed by atoms with Gasteiger partial charge in [0.2, 0.25) is 0 Å². The molecule has 0 fully saturated rings. The van der Waals surface area contributed by atoms with Crippen molar-refractivity contribution in [1.29, 1.82) is 0 Å². The standard InChI is InChI=1S/2C9H10N4.2CH4/c1-7-3-5-8(6-4-7)9-10-11-12-13(9)2;1-7-4-3-5-8(6-7)9-10-11-12-13(9)2;;/h2*3-6H,1-2H3;2*1H4. The van der Waals surface area contributed by atoms with Crippen LogP contribution < -0.4 is 0 Å². The van der Waals surface area contributed by atoms with Crippen molar-refractivity contribution in [2.75, 3.05) is 0 Å². The Morgan fingerprint density at radius 1 is 0.643 bits per heavy atom. The Labute approximate surface area is 166 Å². The maximum atomic E-state index is 3.93. The van der Waals surface area contributed by atoms with Gasteiger partial charge >= 0.3 is 0 Å². The number of hydrogen-bond donors (Lipinski definition) is 0. The Morgan fingerprint density at radius 3 is 1.64 bits per heavy atom. The van der Waals surface area contributed by atoms with Crippen LogP contribution >= 0.6 is 0 Å². The number of benzene rings is 2. The SMILES string of the molecule is C.C.Cc1ccc(-c2nnnn2C)cc1.Cc1cccc(-c2nnnn2C)c1. The van der Waals surface area contributed by atoms with Gasteiger partial charge in [0, 0.05) is 25.2 Å². The highest BCUT2D eigenvalue weighted by Crippen LogP contribution is 2.16. The Hall–Kier alpha value is -3.42. The quantitative estimate of drug-likeness (QED) is 0.527. The maximum Gasteiger partial charge on any atom is 0.181 e. The average Bonchev–Trinajstić information content (AvgIpc) is 3.25. The third kappa shape index (κ3) is 5.29. The Balaban J connectivity index is 0.000000261. The Kier molecular flexibility index (Phi) is 8.12. The topological polar surface area (TPSA) is 87.2 Å². The molecule has 0 saturated carbocycles. The minimum Gasteiger partial charge on any atom is -0.229 e. The fraction of sp³-hybridized carbons (Fsp3) is 0.300. The molecule has 8 heteroatoms. The monoisotopic (exact) mass is 380 g/mol. The van der Waals surface area contributed by atoms with E-state index in [1.165, 1.54) is 11.1 Å². The first-order valence-corrected chi connectivity index (χ1v) is 8.13. The molecule has 0 aliphatic heterocycles. The highest BCUT2D eigenvalue weighted by molar-refractivity contribution is 5.55. The highest BCUT2D eigenvalue weighted by Gasteiger charge is 2.04. The van der Waals surface area contributed by atoms with Crippen molar-refractivity contribution in [3.63, 3.8) is 0 Å². The average molecular weight is 381 g/mol. The van der Waals surface area contributed by atoms with Gasteiger partial charge in [0.05, 0.1) is 0 Å². The van der Waals surface area contributed by atoms with Gasteiger partial charge < -0.3 is 0 Å². The molecule has 0 spiro atoms. The number of rotatable bonds is 2. The maximum absolute atomic E-state index is 3.93. The van der Waals surface area contributed by atoms with Crippen LogP contribution in [0, 0.1) is 13.8 Å². The van der Waals surface area contributed by atoms with E-state index in [0.717, 1.165) is 22.8 Å². The lowest BCUT2D eigenvalue weighted by Crippen LogP contribution is -1.94. The summed E-state index contributed by atoms with van der Waals surface area (Å²) in [5.41, 5.74) is 4.53. The van der Waals surface area contributed by atoms with E-state index in [1.54, 1.807) is 9.36 Å². The van der Waals surface area contributed by atoms with E-state index in [0.29, 0.717) is 0 Å². The largest absolute Gasteiger partial charge is 0.229 e. The number of hydrogen-bond acceptors (Lipinski definition) is 6. The zero-order chi connectivity index (χ0) is 18.5. The van der Waals surface area contributed by atoms with Crippen LogP contribution in [0.4, 0.5) is 0 Å². The molecule has 0 aliphatic rings. The lowest BCUT2D eigenvalue weighted by molar-refractivity contribution is 0.714. The normalized spacial score (nSPS) is 9.57. The van der Waals surface area contributed by atoms with Gasteiger partial charge in [-0.05, 0) is 40.8 Å². The minimum atomic E-state index is 0. The van der Waals surface area contributed by atoms with Crippen LogP contribution in [0.2, 0.25) is 0 Å². The fourth-order valence-electron chi connectivity index (χ4n) is 2.43. The molecule has 28 heavy (non-hydrogen) atoms. The third-order valence-corrected chi connectivity index (χ3v) is 3.83. The summed E-state index contributed by atoms with van der Waals surface area (Å²) in [5, 5.41) is 22.6. The lowest BCUT2D eigenvalue weighted by Gasteiger charge is -1.99. The number of aryl methyl sites for hydroxylation is 4. The second kappa shape index (κ2) is 10.1. The smallest absolute Gasteiger partial charge is 0.181 e. The molecule has 0 atom stereocenters. The summed E-state index contributed by atoms with van der Waals surface area (Å²) >= 11 is 0. The van der Waals surface area contributed by atoms with Crippen molar-refractivity contribution in [3.8, 4) is 22.8 Å². The summed E-state index contributed by atoms with van der Waals surface area (Å²) in [5.74, 6) is 1.59. The predicted molar refractivity (Wildman–Crippen MR) is 111 cm³/mol. The van der Waals surface area contributed by atoms with E-state index in [2.05, 4.69) is 44.0 Å². The zero-order valence-corrected chi connectivity index (χ0v) is 15.2. The molecule has 2 heterocycles. The molecule has 4 aromatic rings. The lowest BCUT2D eigenvalue weighted by atomic mass is 10.1. The van der Waals surface area contributed by atoms with Crippen LogP contribution in [0.5, 0.6) is 0 Å². The molecule has 0 bridgehead atoms. The first-order chi connectivity index (χ1) is 12.5. The van der Waals surface area contributed by atoms with Crippen molar-refractivity contribution in [2.45, 2.75) is 28.7 Å². The van der Waals surface area contributed by atoms with Gasteiger partial charge in [0.1, 0.15) is 0 Å². The van der Waals surface area contributed by atoms with Crippen molar-refractivity contribution in [1.82, 2.24) is 40.4 Å². The second-order valence-corrected chi connectivity index (χ2v) is 5.99. The van der Waals surface area contributed by atoms with Gasteiger partial charge in [-0.25, -0.2) is 9.36 Å². The molecule has 0 N–H and O–H groups in total. The van der Waals surface area contributed by atoms with Gasteiger partial charge in [-0.15, -0.1) is 10.2 Å². The second-order valence-electron chi connectivity index (χ2n) is 5.99. The van der Waals surface area contributed by atoms with Crippen molar-refractivity contribution in [3.05, 3.63) is 59.7 Å². The van der Waals surface area contributed by atoms with E-state index < -0.39 is 0 Å². The van der Waals surface area contributed by atoms with Crippen LogP contribution in [0.1, 0.15) is 26.0 Å². The first kappa shape index (κ1) is 22.6. The van der Waals surface area contributed by atoms with E-state index in [9.17, 15) is 0 Å². The molecule has 0 amide bonds. The van der Waals surface area contributed by atoms with Crippen LogP contribution in [0.25, 0.3) is 22.8 Å². The molecule has 0 unspecified atom stereocenters. The van der Waals surface area contributed by atoms with E-state index in [1.807, 2.05) is 63.5 Å². The van der Waals surface area contributed by atoms with Crippen LogP contribution in [-0.2, 0) is 14.1 Å². The summed E-state index contributed by atoms with van der Waals surface area (Å²) in [6, 6.07) is 16.2. The van der Waals surface area contributed by atoms with E-state index in [4.69, 9.17) is 0 Å². The van der Waals surface area contributed by atoms with Crippen molar-refractivity contribution in [2.24, 2.45) is 14.1 Å². The van der Waals surface area contributed by atoms with Gasteiger partial charge in [0.25, 0.3) is 0 Å². The molecule has 2 aromatic carbocycles. The summed E-state index contributed by atoms with van der Waals surface area (Å²) in [7, 11) is 3.66. The molecule has 0 aliphatic carbocycles. The van der Waals surface area contributed by atoms with E-state index >= 15 is 0 Å². The summed E-state index contributed by atoms with van der Waals surface area (Å²) in [6.45, 7) is 4.10. The molecular formula is C20H28N8. The molecule has 0 radical (unpaired) electrons. The fourth-order valence-corrected chi connectivity index (χ4v) is 2.43. The van der Waals surface area contributed by atoms with Crippen molar-refractivity contribution >= 4 is 0 Å². The zero-order valence-electron chi connectivity index (χ0n) is 15.2. The third-order valence-electron chi connectivity index (χ3n) is 3.83. The summed E-state index contributed by atoms with van der Waals surface area (Å²) < 4.78 is 3.32. The van der Waals surface area contributed by atoms with Gasteiger partial charge in [-0.2, -0.15) is 0 Å². The predicted octanol–water partition coefficient (Wildman–Crippen LogP) is 3.64. The van der Waals surface area contributed by atoms with Crippen LogP contribution in [0.3, 0.4) is 0 Å². The van der Waals surface area contributed by atoms with Gasteiger partial charge in [0.15, 0.2) is 11.6 Å². The van der Waals surface area contributed by atoms with Gasteiger partial charge in [-0.1, -0.05) is 68.4 Å². The number of tetrazole rings is 2. The molecule has 0 saturated heterocycles. The molecule has 8 nitrogen and oxygen atoms in total. The minimum absolute atomic E-state index is 0. The van der Waals surface area contributed by atoms with Crippen LogP contribution in [-0.4, -0.2) is 40.4 Å². The number of nitrogens with zero attached hydrogens (tertiary/aromatic N) is 8. The first-order valence-electron chi connectivity index (χ1n) is 8.13. The molecule has 2 aromatic heterocycles. The van der Waals surface area contributed by atoms with E-state index in [-0.39, 0.29) is 14.9 Å². The number of aromatic nitrogens is 8. The van der Waals surface area contributed by atoms with Crippen molar-refractivity contribution < 1.29 is 0 Å². The molecule has 148 valence electrons. The molecule has 4 rings (SSSR count).